The zero-order valence-electron chi connectivity index (χ0n) is 12.5. The summed E-state index contributed by atoms with van der Waals surface area (Å²) in [6, 6.07) is 7.03. The van der Waals surface area contributed by atoms with Crippen LogP contribution in [0.5, 0.6) is 0 Å². The monoisotopic (exact) mass is 290 g/mol. The van der Waals surface area contributed by atoms with E-state index in [0.29, 0.717) is 0 Å². The summed E-state index contributed by atoms with van der Waals surface area (Å²) >= 11 is 0. The van der Waals surface area contributed by atoms with Gasteiger partial charge in [0.2, 0.25) is 5.91 Å². The summed E-state index contributed by atoms with van der Waals surface area (Å²) in [6.07, 6.45) is 2.49. The van der Waals surface area contributed by atoms with Crippen LogP contribution >= 0.6 is 0 Å². The van der Waals surface area contributed by atoms with Gasteiger partial charge in [-0.2, -0.15) is 0 Å². The first-order valence-electron chi connectivity index (χ1n) is 7.24. The summed E-state index contributed by atoms with van der Waals surface area (Å²) in [7, 11) is 1.47. The molecule has 6 nitrogen and oxygen atoms in total. The Bertz CT molecular complexity index is 495. The molecule has 1 aliphatic heterocycles. The molecule has 3 N–H and O–H groups in total. The lowest BCUT2D eigenvalue weighted by molar-refractivity contribution is -0.120. The second-order valence-electron chi connectivity index (χ2n) is 5.18. The van der Waals surface area contributed by atoms with Crippen LogP contribution < -0.4 is 20.9 Å². The van der Waals surface area contributed by atoms with Gasteiger partial charge in [-0.05, 0) is 44.0 Å². The number of carbonyl (C=O) groups is 2. The van der Waals surface area contributed by atoms with E-state index in [-0.39, 0.29) is 5.91 Å². The molecule has 0 bridgehead atoms. The molecule has 1 aliphatic rings. The van der Waals surface area contributed by atoms with Crippen LogP contribution in [0, 0.1) is 0 Å². The quantitative estimate of drug-likeness (QED) is 0.786. The number of benzene rings is 1. The maximum Gasteiger partial charge on any atom is 0.321 e. The van der Waals surface area contributed by atoms with Crippen LogP contribution in [0.2, 0.25) is 0 Å². The number of hydrogen-bond acceptors (Lipinski definition) is 4. The third-order valence-electron chi connectivity index (χ3n) is 3.58. The Kier molecular flexibility index (Phi) is 5.03. The molecule has 1 atom stereocenters. The van der Waals surface area contributed by atoms with Crippen molar-refractivity contribution in [1.29, 1.82) is 0 Å². The first kappa shape index (κ1) is 15.2. The Morgan fingerprint density at radius 1 is 1.14 bits per heavy atom. The molecule has 1 aromatic rings. The number of nitrogens with one attached hydrogen (secondary N) is 3. The van der Waals surface area contributed by atoms with Crippen LogP contribution in [-0.2, 0) is 4.79 Å². The average Bonchev–Trinajstić information content (AvgIpc) is 3.02. The third kappa shape index (κ3) is 4.11. The van der Waals surface area contributed by atoms with Crippen molar-refractivity contribution in [2.75, 3.05) is 30.4 Å². The van der Waals surface area contributed by atoms with Crippen molar-refractivity contribution in [1.82, 2.24) is 10.6 Å². The first-order valence-corrected chi connectivity index (χ1v) is 7.24. The highest BCUT2D eigenvalue weighted by Gasteiger charge is 2.15. The molecule has 1 heterocycles. The number of carbonyl (C=O) groups excluding carboxylic acids is 2. The summed E-state index contributed by atoms with van der Waals surface area (Å²) < 4.78 is 0. The van der Waals surface area contributed by atoms with Crippen molar-refractivity contribution < 1.29 is 9.59 Å². The lowest BCUT2D eigenvalue weighted by Gasteiger charge is -2.19. The summed E-state index contributed by atoms with van der Waals surface area (Å²) in [5.74, 6) is -0.363. The van der Waals surface area contributed by atoms with E-state index >= 15 is 0 Å². The molecule has 0 spiro atoms. The molecule has 1 aromatic carbocycles. The predicted molar refractivity (Wildman–Crippen MR) is 83.6 cm³/mol. The predicted octanol–water partition coefficient (Wildman–Crippen LogP) is 1.54. The zero-order valence-corrected chi connectivity index (χ0v) is 12.5. The van der Waals surface area contributed by atoms with Gasteiger partial charge in [0.25, 0.3) is 0 Å². The molecule has 0 aliphatic carbocycles. The van der Waals surface area contributed by atoms with Gasteiger partial charge in [0, 0.05) is 31.5 Å². The van der Waals surface area contributed by atoms with Gasteiger partial charge in [0.15, 0.2) is 0 Å². The maximum absolute atomic E-state index is 11.8. The van der Waals surface area contributed by atoms with E-state index in [1.165, 1.54) is 25.6 Å². The number of nitrogens with zero attached hydrogens (tertiary/aromatic N) is 1. The molecule has 114 valence electrons. The van der Waals surface area contributed by atoms with Gasteiger partial charge in [0.1, 0.15) is 6.04 Å². The van der Waals surface area contributed by atoms with Crippen LogP contribution in [0.15, 0.2) is 24.3 Å². The molecule has 1 saturated heterocycles. The topological polar surface area (TPSA) is 73.5 Å². The normalized spacial score (nSPS) is 15.4. The Morgan fingerprint density at radius 3 is 2.33 bits per heavy atom. The molecular formula is C15H22N4O2. The lowest BCUT2D eigenvalue weighted by atomic mass is 10.2. The highest BCUT2D eigenvalue weighted by molar-refractivity contribution is 5.97. The highest BCUT2D eigenvalue weighted by Crippen LogP contribution is 2.22. The number of rotatable bonds is 4. The SMILES string of the molecule is CNC(=O)NC(=O)C(C)Nc1ccc(N2CCCC2)cc1. The van der Waals surface area contributed by atoms with Crippen LogP contribution in [0.3, 0.4) is 0 Å². The van der Waals surface area contributed by atoms with Crippen molar-refractivity contribution >= 4 is 23.3 Å². The second kappa shape index (κ2) is 6.97. The standard InChI is InChI=1S/C15H22N4O2/c1-11(14(20)18-15(21)16-2)17-12-5-7-13(8-6-12)19-9-3-4-10-19/h5-8,11,17H,3-4,9-10H2,1-2H3,(H2,16,18,20,21). The number of anilines is 2. The van der Waals surface area contributed by atoms with Gasteiger partial charge in [-0.25, -0.2) is 4.79 Å². The Morgan fingerprint density at radius 2 is 1.76 bits per heavy atom. The van der Waals surface area contributed by atoms with E-state index in [4.69, 9.17) is 0 Å². The van der Waals surface area contributed by atoms with Crippen LogP contribution in [0.4, 0.5) is 16.2 Å². The summed E-state index contributed by atoms with van der Waals surface area (Å²) in [6.45, 7) is 3.93. The van der Waals surface area contributed by atoms with Gasteiger partial charge < -0.3 is 15.5 Å². The van der Waals surface area contributed by atoms with E-state index in [1.54, 1.807) is 6.92 Å². The number of amides is 3. The fourth-order valence-electron chi connectivity index (χ4n) is 2.34. The fraction of sp³-hybridized carbons (Fsp3) is 0.467. The first-order chi connectivity index (χ1) is 10.1. The van der Waals surface area contributed by atoms with E-state index in [9.17, 15) is 9.59 Å². The van der Waals surface area contributed by atoms with Gasteiger partial charge in [-0.15, -0.1) is 0 Å². The third-order valence-corrected chi connectivity index (χ3v) is 3.58. The minimum atomic E-state index is -0.502. The average molecular weight is 290 g/mol. The lowest BCUT2D eigenvalue weighted by Crippen LogP contribution is -2.44. The van der Waals surface area contributed by atoms with Crippen molar-refractivity contribution in [3.63, 3.8) is 0 Å². The molecule has 21 heavy (non-hydrogen) atoms. The zero-order chi connectivity index (χ0) is 15.2. The number of urea groups is 1. The Balaban J connectivity index is 1.90. The maximum atomic E-state index is 11.8. The molecule has 6 heteroatoms. The van der Waals surface area contributed by atoms with Crippen LogP contribution in [-0.4, -0.2) is 38.1 Å². The molecule has 1 unspecified atom stereocenters. The molecule has 0 aromatic heterocycles. The second-order valence-corrected chi connectivity index (χ2v) is 5.18. The number of hydrogen-bond donors (Lipinski definition) is 3. The summed E-state index contributed by atoms with van der Waals surface area (Å²) in [4.78, 5) is 25.2. The Labute approximate surface area is 124 Å². The van der Waals surface area contributed by atoms with Crippen LogP contribution in [0.1, 0.15) is 19.8 Å². The number of imide groups is 1. The van der Waals surface area contributed by atoms with Crippen molar-refractivity contribution in [3.8, 4) is 0 Å². The van der Waals surface area contributed by atoms with E-state index < -0.39 is 12.1 Å². The van der Waals surface area contributed by atoms with Crippen LogP contribution in [0.25, 0.3) is 0 Å². The van der Waals surface area contributed by atoms with Gasteiger partial charge in [-0.3, -0.25) is 10.1 Å². The smallest absolute Gasteiger partial charge is 0.321 e. The molecular weight excluding hydrogens is 268 g/mol. The van der Waals surface area contributed by atoms with Crippen molar-refractivity contribution in [2.24, 2.45) is 0 Å². The van der Waals surface area contributed by atoms with E-state index in [0.717, 1.165) is 18.8 Å². The molecule has 0 saturated carbocycles. The van der Waals surface area contributed by atoms with Gasteiger partial charge in [-0.1, -0.05) is 0 Å². The van der Waals surface area contributed by atoms with Gasteiger partial charge >= 0.3 is 6.03 Å². The molecule has 3 amide bonds. The molecule has 2 rings (SSSR count). The largest absolute Gasteiger partial charge is 0.374 e. The summed E-state index contributed by atoms with van der Waals surface area (Å²) in [5.41, 5.74) is 2.07. The summed E-state index contributed by atoms with van der Waals surface area (Å²) in [5, 5.41) is 7.67. The van der Waals surface area contributed by atoms with E-state index in [2.05, 4.69) is 33.0 Å². The van der Waals surface area contributed by atoms with E-state index in [1.807, 2.05) is 12.1 Å². The minimum Gasteiger partial charge on any atom is -0.374 e. The minimum absolute atomic E-state index is 0.363. The Hall–Kier alpha value is -2.24. The molecule has 0 radical (unpaired) electrons. The van der Waals surface area contributed by atoms with Gasteiger partial charge in [0.05, 0.1) is 0 Å². The molecule has 1 fully saturated rings. The highest BCUT2D eigenvalue weighted by atomic mass is 16.2. The fourth-order valence-corrected chi connectivity index (χ4v) is 2.34. The van der Waals surface area contributed by atoms with Crippen molar-refractivity contribution in [3.05, 3.63) is 24.3 Å². The van der Waals surface area contributed by atoms with Crippen molar-refractivity contribution in [2.45, 2.75) is 25.8 Å².